The first-order valence-electron chi connectivity index (χ1n) is 12.7. The Morgan fingerprint density at radius 2 is 1.65 bits per heavy atom. The van der Waals surface area contributed by atoms with Crippen LogP contribution in [-0.4, -0.2) is 59.9 Å². The average molecular weight is 564 g/mol. The quantitative estimate of drug-likeness (QED) is 0.436. The molecule has 198 valence electrons. The van der Waals surface area contributed by atoms with Crippen molar-refractivity contribution < 1.29 is 9.59 Å². The first-order valence-corrected chi connectivity index (χ1v) is 13.9. The van der Waals surface area contributed by atoms with Crippen molar-refractivity contribution in [2.45, 2.75) is 50.7 Å². The molecular formula is C28H33Cl3N4O2. The highest BCUT2D eigenvalue weighted by Crippen LogP contribution is 2.26. The van der Waals surface area contributed by atoms with E-state index in [-0.39, 0.29) is 18.0 Å². The van der Waals surface area contributed by atoms with Crippen molar-refractivity contribution in [2.24, 2.45) is 5.73 Å². The van der Waals surface area contributed by atoms with Crippen molar-refractivity contribution in [3.8, 4) is 0 Å². The molecule has 37 heavy (non-hydrogen) atoms. The topological polar surface area (TPSA) is 78.7 Å². The summed E-state index contributed by atoms with van der Waals surface area (Å²) in [5.74, 6) is -0.435. The molecule has 2 heterocycles. The van der Waals surface area contributed by atoms with E-state index in [0.29, 0.717) is 41.1 Å². The van der Waals surface area contributed by atoms with Crippen LogP contribution in [0.2, 0.25) is 15.1 Å². The number of piperidine rings is 1. The third kappa shape index (κ3) is 8.20. The second kappa shape index (κ2) is 13.1. The Morgan fingerprint density at radius 1 is 0.973 bits per heavy atom. The molecule has 0 spiro atoms. The van der Waals surface area contributed by atoms with Gasteiger partial charge in [-0.05, 0) is 85.8 Å². The summed E-state index contributed by atoms with van der Waals surface area (Å²) in [6.07, 6.45) is 6.29. The van der Waals surface area contributed by atoms with Gasteiger partial charge < -0.3 is 20.9 Å². The summed E-state index contributed by atoms with van der Waals surface area (Å²) in [5.41, 5.74) is 8.16. The number of nitrogens with zero attached hydrogens (tertiary/aromatic N) is 2. The van der Waals surface area contributed by atoms with Crippen LogP contribution in [0, 0.1) is 0 Å². The van der Waals surface area contributed by atoms with Gasteiger partial charge in [-0.15, -0.1) is 0 Å². The minimum absolute atomic E-state index is 0.0204. The Labute approximate surface area is 233 Å². The molecule has 2 saturated heterocycles. The van der Waals surface area contributed by atoms with Gasteiger partial charge >= 0.3 is 0 Å². The third-order valence-corrected chi connectivity index (χ3v) is 7.67. The lowest BCUT2D eigenvalue weighted by molar-refractivity contribution is -0.133. The van der Waals surface area contributed by atoms with Crippen LogP contribution in [-0.2, 0) is 16.1 Å². The van der Waals surface area contributed by atoms with Gasteiger partial charge in [0.1, 0.15) is 0 Å². The molecule has 0 bridgehead atoms. The van der Waals surface area contributed by atoms with Gasteiger partial charge in [0.05, 0.1) is 6.04 Å². The van der Waals surface area contributed by atoms with Crippen molar-refractivity contribution in [3.63, 3.8) is 0 Å². The highest BCUT2D eigenvalue weighted by atomic mass is 35.5. The zero-order valence-electron chi connectivity index (χ0n) is 20.8. The van der Waals surface area contributed by atoms with E-state index in [1.807, 2.05) is 29.2 Å². The van der Waals surface area contributed by atoms with E-state index in [0.717, 1.165) is 49.1 Å². The molecule has 0 saturated carbocycles. The molecule has 2 aliphatic rings. The number of nitrogens with one attached hydrogen (secondary N) is 1. The molecule has 0 aliphatic carbocycles. The summed E-state index contributed by atoms with van der Waals surface area (Å²) >= 11 is 18.5. The molecule has 2 aliphatic heterocycles. The van der Waals surface area contributed by atoms with Crippen LogP contribution in [0.3, 0.4) is 0 Å². The summed E-state index contributed by atoms with van der Waals surface area (Å²) in [5, 5.41) is 5.36. The maximum atomic E-state index is 13.8. The average Bonchev–Trinajstić information content (AvgIpc) is 2.98. The largest absolute Gasteiger partial charge is 0.366 e. The number of nitrogens with two attached hydrogens (primary N) is 1. The summed E-state index contributed by atoms with van der Waals surface area (Å²) in [4.78, 5) is 29.9. The van der Waals surface area contributed by atoms with Gasteiger partial charge in [-0.3, -0.25) is 9.59 Å². The van der Waals surface area contributed by atoms with Gasteiger partial charge in [-0.2, -0.15) is 0 Å². The second-order valence-electron chi connectivity index (χ2n) is 9.89. The standard InChI is InChI=1S/C28H33Cl3N4O2/c29-22-6-4-20(5-7-22)21(15-27(32)36)14-25-8-11-35(17-19-12-23(30)16-24(31)13-19)28(37)26(33-25)18-34-9-2-1-3-10-34/h4-7,12-13,15-16,25-26,33H,1-3,8-11,14,17-18H2,(H2,32,36)/b21-15+/t25-,26+/m1/s1. The predicted octanol–water partition coefficient (Wildman–Crippen LogP) is 5.15. The fourth-order valence-corrected chi connectivity index (χ4v) is 5.91. The van der Waals surface area contributed by atoms with E-state index in [9.17, 15) is 9.59 Å². The van der Waals surface area contributed by atoms with Gasteiger partial charge in [-0.25, -0.2) is 0 Å². The van der Waals surface area contributed by atoms with Crippen LogP contribution >= 0.6 is 34.8 Å². The number of primary amides is 1. The minimum Gasteiger partial charge on any atom is -0.366 e. The molecule has 0 aromatic heterocycles. The maximum absolute atomic E-state index is 13.8. The number of likely N-dealkylation sites (tertiary alicyclic amines) is 1. The number of amides is 2. The fourth-order valence-electron chi connectivity index (χ4n) is 5.21. The van der Waals surface area contributed by atoms with Crippen LogP contribution in [0.15, 0.2) is 48.5 Å². The predicted molar refractivity (Wildman–Crippen MR) is 151 cm³/mol. The van der Waals surface area contributed by atoms with E-state index in [4.69, 9.17) is 40.5 Å². The van der Waals surface area contributed by atoms with Crippen LogP contribution in [0.4, 0.5) is 0 Å². The summed E-state index contributed by atoms with van der Waals surface area (Å²) < 4.78 is 0. The molecule has 2 aromatic carbocycles. The zero-order chi connectivity index (χ0) is 26.4. The Morgan fingerprint density at radius 3 is 2.30 bits per heavy atom. The van der Waals surface area contributed by atoms with Crippen molar-refractivity contribution in [2.75, 3.05) is 26.2 Å². The van der Waals surface area contributed by atoms with E-state index < -0.39 is 5.91 Å². The number of rotatable bonds is 8. The Bertz CT molecular complexity index is 1110. The van der Waals surface area contributed by atoms with E-state index in [1.165, 1.54) is 12.5 Å². The van der Waals surface area contributed by atoms with Crippen LogP contribution in [0.25, 0.3) is 5.57 Å². The van der Waals surface area contributed by atoms with E-state index in [2.05, 4.69) is 10.2 Å². The van der Waals surface area contributed by atoms with Gasteiger partial charge in [0.2, 0.25) is 11.8 Å². The fraction of sp³-hybridized carbons (Fsp3) is 0.429. The maximum Gasteiger partial charge on any atom is 0.241 e. The smallest absolute Gasteiger partial charge is 0.241 e. The number of benzene rings is 2. The highest BCUT2D eigenvalue weighted by molar-refractivity contribution is 6.34. The molecule has 2 atom stereocenters. The number of hydrogen-bond acceptors (Lipinski definition) is 4. The van der Waals surface area contributed by atoms with Gasteiger partial charge in [0.25, 0.3) is 0 Å². The van der Waals surface area contributed by atoms with Gasteiger partial charge in [0.15, 0.2) is 0 Å². The van der Waals surface area contributed by atoms with Crippen molar-refractivity contribution >= 4 is 52.2 Å². The summed E-state index contributed by atoms with van der Waals surface area (Å²) in [6.45, 7) is 3.65. The van der Waals surface area contributed by atoms with Crippen molar-refractivity contribution in [1.29, 1.82) is 0 Å². The molecule has 2 fully saturated rings. The van der Waals surface area contributed by atoms with E-state index >= 15 is 0 Å². The molecule has 3 N–H and O–H groups in total. The number of hydrogen-bond donors (Lipinski definition) is 2. The lowest BCUT2D eigenvalue weighted by Crippen LogP contribution is -2.52. The Balaban J connectivity index is 1.57. The molecule has 0 radical (unpaired) electrons. The highest BCUT2D eigenvalue weighted by Gasteiger charge is 2.33. The molecule has 9 heteroatoms. The Hall–Kier alpha value is -2.09. The number of halogens is 3. The first kappa shape index (κ1) is 27.9. The Kier molecular flexibility index (Phi) is 9.90. The van der Waals surface area contributed by atoms with Crippen LogP contribution in [0.5, 0.6) is 0 Å². The van der Waals surface area contributed by atoms with E-state index in [1.54, 1.807) is 18.2 Å². The SMILES string of the molecule is NC(=O)/C=C(\C[C@H]1CCN(Cc2cc(Cl)cc(Cl)c2)C(=O)[C@H](CN2CCCCC2)N1)c1ccc(Cl)cc1. The van der Waals surface area contributed by atoms with Gasteiger partial charge in [-0.1, -0.05) is 53.4 Å². The summed E-state index contributed by atoms with van der Waals surface area (Å²) in [7, 11) is 0. The normalized spacial score (nSPS) is 21.6. The molecule has 2 amide bonds. The molecule has 6 nitrogen and oxygen atoms in total. The molecular weight excluding hydrogens is 531 g/mol. The molecule has 4 rings (SSSR count). The summed E-state index contributed by atoms with van der Waals surface area (Å²) in [6, 6.07) is 12.4. The third-order valence-electron chi connectivity index (χ3n) is 6.98. The lowest BCUT2D eigenvalue weighted by Gasteiger charge is -2.32. The van der Waals surface area contributed by atoms with Crippen LogP contribution in [0.1, 0.15) is 43.2 Å². The molecule has 0 unspecified atom stereocenters. The zero-order valence-corrected chi connectivity index (χ0v) is 23.0. The molecule has 2 aromatic rings. The number of carbonyl (C=O) groups is 2. The lowest BCUT2D eigenvalue weighted by atomic mass is 9.96. The number of carbonyl (C=O) groups excluding carboxylic acids is 2. The minimum atomic E-state index is -0.501. The monoisotopic (exact) mass is 562 g/mol. The van der Waals surface area contributed by atoms with Crippen molar-refractivity contribution in [3.05, 3.63) is 74.7 Å². The van der Waals surface area contributed by atoms with Gasteiger partial charge in [0, 0.05) is 46.8 Å². The second-order valence-corrected chi connectivity index (χ2v) is 11.2. The van der Waals surface area contributed by atoms with Crippen LogP contribution < -0.4 is 11.1 Å². The van der Waals surface area contributed by atoms with Crippen molar-refractivity contribution in [1.82, 2.24) is 15.1 Å². The first-order chi connectivity index (χ1) is 17.8.